The Morgan fingerprint density at radius 2 is 1.97 bits per heavy atom. The second-order valence-corrected chi connectivity index (χ2v) is 11.1. The van der Waals surface area contributed by atoms with Crippen molar-refractivity contribution >= 4 is 27.4 Å². The van der Waals surface area contributed by atoms with E-state index in [1.165, 1.54) is 5.56 Å². The van der Waals surface area contributed by atoms with Crippen LogP contribution in [0.15, 0.2) is 24.3 Å². The maximum absolute atomic E-state index is 12.7. The SMILES string of the molecule is Cc1ccc(C)c(OCCSCC(=O)c2cc(C)n(C3CCS(=O)(=O)C3)c2C)c1. The largest absolute Gasteiger partial charge is 0.492 e. The van der Waals surface area contributed by atoms with E-state index < -0.39 is 9.84 Å². The van der Waals surface area contributed by atoms with Gasteiger partial charge in [0.2, 0.25) is 0 Å². The van der Waals surface area contributed by atoms with Crippen molar-refractivity contribution < 1.29 is 17.9 Å². The number of sulfone groups is 1. The summed E-state index contributed by atoms with van der Waals surface area (Å²) < 4.78 is 31.5. The standard InChI is InChI=1S/C22H29NO4S2/c1-15-5-6-16(2)22(11-15)27-8-9-28-13-21(24)20-12-17(3)23(18(20)4)19-7-10-29(25,26)14-19/h5-6,11-12,19H,7-10,13-14H2,1-4H3. The van der Waals surface area contributed by atoms with Gasteiger partial charge in [0.05, 0.1) is 23.9 Å². The summed E-state index contributed by atoms with van der Waals surface area (Å²) >= 11 is 1.56. The minimum atomic E-state index is -2.96. The highest BCUT2D eigenvalue weighted by atomic mass is 32.2. The number of carbonyl (C=O) groups excluding carboxylic acids is 1. The van der Waals surface area contributed by atoms with Crippen LogP contribution in [0.1, 0.15) is 45.3 Å². The van der Waals surface area contributed by atoms with Gasteiger partial charge < -0.3 is 9.30 Å². The molecule has 1 aliphatic heterocycles. The number of Topliss-reactive ketones (excluding diaryl/α,β-unsaturated/α-hetero) is 1. The van der Waals surface area contributed by atoms with Gasteiger partial charge in [0.25, 0.3) is 0 Å². The Morgan fingerprint density at radius 1 is 1.21 bits per heavy atom. The zero-order chi connectivity index (χ0) is 21.2. The van der Waals surface area contributed by atoms with E-state index in [1.54, 1.807) is 11.8 Å². The average molecular weight is 436 g/mol. The molecular formula is C22H29NO4S2. The van der Waals surface area contributed by atoms with E-state index in [2.05, 4.69) is 6.07 Å². The third kappa shape index (κ3) is 5.25. The molecule has 158 valence electrons. The number of benzene rings is 1. The zero-order valence-corrected chi connectivity index (χ0v) is 19.2. The molecule has 1 atom stereocenters. The number of hydrogen-bond donors (Lipinski definition) is 0. The fraction of sp³-hybridized carbons (Fsp3) is 0.500. The summed E-state index contributed by atoms with van der Waals surface area (Å²) in [6.45, 7) is 8.48. The van der Waals surface area contributed by atoms with Gasteiger partial charge in [-0.25, -0.2) is 8.42 Å². The molecule has 0 bridgehead atoms. The van der Waals surface area contributed by atoms with Crippen molar-refractivity contribution in [1.29, 1.82) is 0 Å². The first-order valence-corrected chi connectivity index (χ1v) is 12.9. The third-order valence-corrected chi connectivity index (χ3v) is 8.09. The molecule has 5 nitrogen and oxygen atoms in total. The minimum absolute atomic E-state index is 0.0554. The van der Waals surface area contributed by atoms with Crippen molar-refractivity contribution in [1.82, 2.24) is 4.57 Å². The van der Waals surface area contributed by atoms with Crippen molar-refractivity contribution in [2.45, 2.75) is 40.2 Å². The van der Waals surface area contributed by atoms with Crippen LogP contribution in [0.5, 0.6) is 5.75 Å². The lowest BCUT2D eigenvalue weighted by Crippen LogP contribution is -2.14. The predicted octanol–water partition coefficient (Wildman–Crippen LogP) is 4.08. The molecule has 0 spiro atoms. The van der Waals surface area contributed by atoms with Crippen LogP contribution in [0.3, 0.4) is 0 Å². The summed E-state index contributed by atoms with van der Waals surface area (Å²) in [5.74, 6) is 2.51. The van der Waals surface area contributed by atoms with Gasteiger partial charge >= 0.3 is 0 Å². The van der Waals surface area contributed by atoms with Crippen LogP contribution in [0, 0.1) is 27.7 Å². The van der Waals surface area contributed by atoms with Crippen LogP contribution in [-0.4, -0.2) is 48.4 Å². The van der Waals surface area contributed by atoms with Crippen molar-refractivity contribution in [3.63, 3.8) is 0 Å². The topological polar surface area (TPSA) is 65.4 Å². The van der Waals surface area contributed by atoms with Gasteiger partial charge in [-0.3, -0.25) is 4.79 Å². The van der Waals surface area contributed by atoms with Gasteiger partial charge in [-0.2, -0.15) is 11.8 Å². The van der Waals surface area contributed by atoms with Crippen LogP contribution in [0.4, 0.5) is 0 Å². The molecule has 0 radical (unpaired) electrons. The smallest absolute Gasteiger partial charge is 0.174 e. The Hall–Kier alpha value is -1.73. The number of rotatable bonds is 8. The first kappa shape index (κ1) is 22.0. The molecule has 1 unspecified atom stereocenters. The third-order valence-electron chi connectivity index (χ3n) is 5.42. The molecule has 0 aliphatic carbocycles. The number of thioether (sulfide) groups is 1. The molecule has 1 aromatic carbocycles. The molecule has 1 aromatic heterocycles. The second-order valence-electron chi connectivity index (χ2n) is 7.80. The predicted molar refractivity (Wildman–Crippen MR) is 119 cm³/mol. The number of aryl methyl sites for hydroxylation is 3. The van der Waals surface area contributed by atoms with E-state index >= 15 is 0 Å². The number of ketones is 1. The first-order valence-electron chi connectivity index (χ1n) is 9.88. The lowest BCUT2D eigenvalue weighted by molar-refractivity contribution is 0.102. The summed E-state index contributed by atoms with van der Waals surface area (Å²) in [5, 5.41) is 0. The molecular weight excluding hydrogens is 406 g/mol. The van der Waals surface area contributed by atoms with Crippen molar-refractivity contribution in [2.24, 2.45) is 0 Å². The molecule has 0 saturated carbocycles. The number of hydrogen-bond acceptors (Lipinski definition) is 5. The van der Waals surface area contributed by atoms with Crippen LogP contribution in [0.25, 0.3) is 0 Å². The van der Waals surface area contributed by atoms with Gasteiger partial charge in [0.1, 0.15) is 5.75 Å². The highest BCUT2D eigenvalue weighted by Gasteiger charge is 2.31. The summed E-state index contributed by atoms with van der Waals surface area (Å²) in [7, 11) is -2.96. The summed E-state index contributed by atoms with van der Waals surface area (Å²) in [6.07, 6.45) is 0.622. The van der Waals surface area contributed by atoms with Crippen molar-refractivity contribution in [3.05, 3.63) is 52.3 Å². The number of nitrogens with zero attached hydrogens (tertiary/aromatic N) is 1. The van der Waals surface area contributed by atoms with E-state index in [0.29, 0.717) is 24.3 Å². The summed E-state index contributed by atoms with van der Waals surface area (Å²) in [6, 6.07) is 7.99. The van der Waals surface area contributed by atoms with E-state index in [-0.39, 0.29) is 23.3 Å². The molecule has 0 amide bonds. The summed E-state index contributed by atoms with van der Waals surface area (Å²) in [4.78, 5) is 12.7. The fourth-order valence-corrected chi connectivity index (χ4v) is 6.30. The quantitative estimate of drug-likeness (QED) is 0.462. The zero-order valence-electron chi connectivity index (χ0n) is 17.5. The Morgan fingerprint density at radius 3 is 2.66 bits per heavy atom. The normalized spacial score (nSPS) is 18.1. The lowest BCUT2D eigenvalue weighted by Gasteiger charge is -2.16. The number of carbonyl (C=O) groups is 1. The van der Waals surface area contributed by atoms with Crippen molar-refractivity contribution in [2.75, 3.05) is 29.6 Å². The molecule has 2 heterocycles. The first-order chi connectivity index (χ1) is 13.7. The molecule has 3 rings (SSSR count). The molecule has 2 aromatic rings. The van der Waals surface area contributed by atoms with E-state index in [4.69, 9.17) is 4.74 Å². The minimum Gasteiger partial charge on any atom is -0.492 e. The van der Waals surface area contributed by atoms with Gasteiger partial charge in [0.15, 0.2) is 15.6 Å². The molecule has 1 aliphatic rings. The van der Waals surface area contributed by atoms with Gasteiger partial charge in [-0.05, 0) is 57.4 Å². The molecule has 1 saturated heterocycles. The Kier molecular flexibility index (Phi) is 6.79. The monoisotopic (exact) mass is 435 g/mol. The van der Waals surface area contributed by atoms with Crippen LogP contribution >= 0.6 is 11.8 Å². The van der Waals surface area contributed by atoms with E-state index in [9.17, 15) is 13.2 Å². The van der Waals surface area contributed by atoms with Crippen LogP contribution < -0.4 is 4.74 Å². The van der Waals surface area contributed by atoms with Crippen molar-refractivity contribution in [3.8, 4) is 5.75 Å². The molecule has 0 N–H and O–H groups in total. The maximum atomic E-state index is 12.7. The fourth-order valence-electron chi connectivity index (χ4n) is 3.92. The van der Waals surface area contributed by atoms with Crippen LogP contribution in [0.2, 0.25) is 0 Å². The highest BCUT2D eigenvalue weighted by Crippen LogP contribution is 2.29. The summed E-state index contributed by atoms with van der Waals surface area (Å²) in [5.41, 5.74) is 4.81. The van der Waals surface area contributed by atoms with E-state index in [0.717, 1.165) is 28.5 Å². The molecule has 1 fully saturated rings. The highest BCUT2D eigenvalue weighted by molar-refractivity contribution is 8.00. The molecule has 29 heavy (non-hydrogen) atoms. The average Bonchev–Trinajstić information content (AvgIpc) is 3.15. The van der Waals surface area contributed by atoms with Gasteiger partial charge in [0, 0.05) is 28.7 Å². The second kappa shape index (κ2) is 8.96. The lowest BCUT2D eigenvalue weighted by atomic mass is 10.1. The Bertz CT molecular complexity index is 1010. The Balaban J connectivity index is 1.53. The Labute approximate surface area is 177 Å². The van der Waals surface area contributed by atoms with E-state index in [1.807, 2.05) is 50.5 Å². The van der Waals surface area contributed by atoms with Gasteiger partial charge in [-0.1, -0.05) is 12.1 Å². The molecule has 7 heteroatoms. The maximum Gasteiger partial charge on any atom is 0.174 e. The van der Waals surface area contributed by atoms with Gasteiger partial charge in [-0.15, -0.1) is 0 Å². The number of ether oxygens (including phenoxy) is 1. The number of aromatic nitrogens is 1. The van der Waals surface area contributed by atoms with Crippen LogP contribution in [-0.2, 0) is 9.84 Å².